The molecule has 2 amide bonds. The van der Waals surface area contributed by atoms with Gasteiger partial charge in [-0.3, -0.25) is 9.59 Å². The fraction of sp³-hybridized carbons (Fsp3) is 0.545. The van der Waals surface area contributed by atoms with E-state index in [2.05, 4.69) is 40.5 Å². The molecule has 3 heterocycles. The fourth-order valence-corrected chi connectivity index (χ4v) is 5.03. The van der Waals surface area contributed by atoms with Crippen LogP contribution >= 0.6 is 11.5 Å². The van der Waals surface area contributed by atoms with Crippen molar-refractivity contribution in [3.05, 3.63) is 41.2 Å². The molecule has 1 aromatic carbocycles. The summed E-state index contributed by atoms with van der Waals surface area (Å²) in [6, 6.07) is 8.47. The van der Waals surface area contributed by atoms with E-state index in [1.165, 1.54) is 22.7 Å². The first-order valence-electron chi connectivity index (χ1n) is 10.7. The lowest BCUT2D eigenvalue weighted by molar-refractivity contribution is -0.139. The lowest BCUT2D eigenvalue weighted by Crippen LogP contribution is -2.46. The number of nitrogens with two attached hydrogens (primary N) is 1. The van der Waals surface area contributed by atoms with E-state index in [0.717, 1.165) is 43.3 Å². The molecular weight excluding hydrogens is 398 g/mol. The van der Waals surface area contributed by atoms with Gasteiger partial charge in [-0.05, 0) is 38.2 Å². The van der Waals surface area contributed by atoms with Crippen LogP contribution in [0.25, 0.3) is 0 Å². The Balaban J connectivity index is 1.27. The summed E-state index contributed by atoms with van der Waals surface area (Å²) in [5.74, 6) is 0.826. The van der Waals surface area contributed by atoms with Crippen LogP contribution in [0.4, 0.5) is 5.13 Å². The summed E-state index contributed by atoms with van der Waals surface area (Å²) in [6.45, 7) is 5.03. The summed E-state index contributed by atoms with van der Waals surface area (Å²) in [5.41, 5.74) is 7.86. The average molecular weight is 428 g/mol. The zero-order chi connectivity index (χ0) is 21.1. The van der Waals surface area contributed by atoms with Gasteiger partial charge in [-0.2, -0.15) is 4.37 Å². The molecule has 4 rings (SSSR count). The fourth-order valence-electron chi connectivity index (χ4n) is 4.29. The molecule has 160 valence electrons. The Kier molecular flexibility index (Phi) is 6.32. The van der Waals surface area contributed by atoms with Gasteiger partial charge >= 0.3 is 0 Å². The first-order chi connectivity index (χ1) is 14.5. The van der Waals surface area contributed by atoms with E-state index < -0.39 is 0 Å². The van der Waals surface area contributed by atoms with Crippen molar-refractivity contribution >= 4 is 28.5 Å². The van der Waals surface area contributed by atoms with Crippen LogP contribution in [0.15, 0.2) is 24.3 Å². The van der Waals surface area contributed by atoms with Crippen molar-refractivity contribution in [1.82, 2.24) is 14.3 Å². The van der Waals surface area contributed by atoms with Crippen molar-refractivity contribution in [1.29, 1.82) is 0 Å². The SMILES string of the molecule is Cc1ccc(Cc2nsc(N3CCC(C(=O)N4CCC(C(N)=O)CC4)CC3)n2)cc1. The number of aromatic nitrogens is 2. The molecule has 0 atom stereocenters. The number of hydrogen-bond acceptors (Lipinski definition) is 6. The largest absolute Gasteiger partial charge is 0.369 e. The number of likely N-dealkylation sites (tertiary alicyclic amines) is 1. The molecule has 30 heavy (non-hydrogen) atoms. The van der Waals surface area contributed by atoms with Gasteiger partial charge in [0.25, 0.3) is 0 Å². The van der Waals surface area contributed by atoms with Gasteiger partial charge in [0.2, 0.25) is 16.9 Å². The number of primary amides is 1. The van der Waals surface area contributed by atoms with Crippen molar-refractivity contribution < 1.29 is 9.59 Å². The minimum atomic E-state index is -0.241. The highest BCUT2D eigenvalue weighted by Gasteiger charge is 2.32. The second-order valence-corrected chi connectivity index (χ2v) is 9.15. The van der Waals surface area contributed by atoms with Gasteiger partial charge in [-0.25, -0.2) is 4.98 Å². The standard InChI is InChI=1S/C22H29N5O2S/c1-15-2-4-16(5-3-15)14-19-24-22(30-25-19)27-12-8-18(9-13-27)21(29)26-10-6-17(7-11-26)20(23)28/h2-5,17-18H,6-14H2,1H3,(H2,23,28). The molecule has 0 saturated carbocycles. The number of carbonyl (C=O) groups excluding carboxylic acids is 2. The Morgan fingerprint density at radius 1 is 1.03 bits per heavy atom. The normalized spacial score (nSPS) is 18.6. The number of nitrogens with zero attached hydrogens (tertiary/aromatic N) is 4. The van der Waals surface area contributed by atoms with Crippen LogP contribution in [0.2, 0.25) is 0 Å². The summed E-state index contributed by atoms with van der Waals surface area (Å²) >= 11 is 1.44. The number of carbonyl (C=O) groups is 2. The van der Waals surface area contributed by atoms with Crippen LogP contribution in [0.3, 0.4) is 0 Å². The van der Waals surface area contributed by atoms with E-state index in [1.54, 1.807) is 0 Å². The maximum Gasteiger partial charge on any atom is 0.225 e. The summed E-state index contributed by atoms with van der Waals surface area (Å²) in [5, 5.41) is 0.949. The predicted molar refractivity (Wildman–Crippen MR) is 117 cm³/mol. The molecule has 1 aromatic heterocycles. The molecule has 2 aliphatic heterocycles. The van der Waals surface area contributed by atoms with Crippen molar-refractivity contribution in [2.75, 3.05) is 31.1 Å². The molecule has 0 unspecified atom stereocenters. The Bertz CT molecular complexity index is 881. The molecular formula is C22H29N5O2S. The average Bonchev–Trinajstić information content (AvgIpc) is 3.23. The van der Waals surface area contributed by atoms with Crippen LogP contribution in [0, 0.1) is 18.8 Å². The highest BCUT2D eigenvalue weighted by atomic mass is 32.1. The van der Waals surface area contributed by atoms with Gasteiger partial charge in [0.05, 0.1) is 0 Å². The summed E-state index contributed by atoms with van der Waals surface area (Å²) in [6.07, 6.45) is 3.79. The second kappa shape index (κ2) is 9.12. The Morgan fingerprint density at radius 3 is 2.30 bits per heavy atom. The molecule has 2 aromatic rings. The van der Waals surface area contributed by atoms with E-state index in [9.17, 15) is 9.59 Å². The van der Waals surface area contributed by atoms with E-state index in [4.69, 9.17) is 10.7 Å². The third kappa shape index (κ3) is 4.80. The van der Waals surface area contributed by atoms with Gasteiger partial charge in [0.15, 0.2) is 0 Å². The topological polar surface area (TPSA) is 92.4 Å². The van der Waals surface area contributed by atoms with Crippen molar-refractivity contribution in [2.45, 2.75) is 39.0 Å². The van der Waals surface area contributed by atoms with E-state index in [-0.39, 0.29) is 23.7 Å². The quantitative estimate of drug-likeness (QED) is 0.791. The first-order valence-corrected chi connectivity index (χ1v) is 11.5. The number of amides is 2. The van der Waals surface area contributed by atoms with Crippen LogP contribution < -0.4 is 10.6 Å². The smallest absolute Gasteiger partial charge is 0.225 e. The van der Waals surface area contributed by atoms with Gasteiger partial charge in [0, 0.05) is 56.0 Å². The molecule has 2 aliphatic rings. The summed E-state index contributed by atoms with van der Waals surface area (Å²) in [4.78, 5) is 33.1. The van der Waals surface area contributed by atoms with Crippen molar-refractivity contribution in [2.24, 2.45) is 17.6 Å². The Hall–Kier alpha value is -2.48. The maximum atomic E-state index is 12.9. The minimum Gasteiger partial charge on any atom is -0.369 e. The monoisotopic (exact) mass is 427 g/mol. The van der Waals surface area contributed by atoms with Gasteiger partial charge < -0.3 is 15.5 Å². The van der Waals surface area contributed by atoms with Crippen LogP contribution in [-0.4, -0.2) is 52.3 Å². The number of anilines is 1. The minimum absolute atomic E-state index is 0.0614. The molecule has 2 fully saturated rings. The third-order valence-corrected chi connectivity index (χ3v) is 7.08. The first kappa shape index (κ1) is 20.8. The molecule has 2 saturated heterocycles. The molecule has 0 radical (unpaired) electrons. The number of hydrogen-bond donors (Lipinski definition) is 1. The van der Waals surface area contributed by atoms with Crippen molar-refractivity contribution in [3.8, 4) is 0 Å². The number of piperidine rings is 2. The van der Waals surface area contributed by atoms with Gasteiger partial charge in [-0.1, -0.05) is 29.8 Å². The second-order valence-electron chi connectivity index (χ2n) is 8.42. The van der Waals surface area contributed by atoms with Crippen LogP contribution in [0.1, 0.15) is 42.6 Å². The molecule has 2 N–H and O–H groups in total. The molecule has 0 bridgehead atoms. The molecule has 7 nitrogen and oxygen atoms in total. The third-order valence-electron chi connectivity index (χ3n) is 6.26. The zero-order valence-electron chi connectivity index (χ0n) is 17.4. The number of benzene rings is 1. The van der Waals surface area contributed by atoms with E-state index >= 15 is 0 Å². The number of aryl methyl sites for hydroxylation is 1. The van der Waals surface area contributed by atoms with E-state index in [0.29, 0.717) is 25.9 Å². The maximum absolute atomic E-state index is 12.9. The molecule has 8 heteroatoms. The predicted octanol–water partition coefficient (Wildman–Crippen LogP) is 2.38. The summed E-state index contributed by atoms with van der Waals surface area (Å²) < 4.78 is 4.53. The van der Waals surface area contributed by atoms with Gasteiger partial charge in [-0.15, -0.1) is 0 Å². The Labute approximate surface area is 181 Å². The zero-order valence-corrected chi connectivity index (χ0v) is 18.2. The van der Waals surface area contributed by atoms with Gasteiger partial charge in [0.1, 0.15) is 5.82 Å². The van der Waals surface area contributed by atoms with Crippen LogP contribution in [0.5, 0.6) is 0 Å². The highest BCUT2D eigenvalue weighted by Crippen LogP contribution is 2.28. The lowest BCUT2D eigenvalue weighted by Gasteiger charge is -2.36. The molecule has 0 aliphatic carbocycles. The van der Waals surface area contributed by atoms with E-state index in [1.807, 2.05) is 4.90 Å². The van der Waals surface area contributed by atoms with Crippen molar-refractivity contribution in [3.63, 3.8) is 0 Å². The molecule has 0 spiro atoms. The van der Waals surface area contributed by atoms with Crippen LogP contribution in [-0.2, 0) is 16.0 Å². The lowest BCUT2D eigenvalue weighted by atomic mass is 9.92. The summed E-state index contributed by atoms with van der Waals surface area (Å²) in [7, 11) is 0. The Morgan fingerprint density at radius 2 is 1.67 bits per heavy atom. The number of rotatable bonds is 5. The highest BCUT2D eigenvalue weighted by molar-refractivity contribution is 7.09.